The number of ketones is 1. The number of nitrogens with one attached hydrogen (secondary N) is 1. The molecular formula is C26H32N2O8. The van der Waals surface area contributed by atoms with E-state index in [4.69, 9.17) is 9.47 Å². The first-order valence-corrected chi connectivity index (χ1v) is 12.5. The van der Waals surface area contributed by atoms with E-state index in [0.29, 0.717) is 31.6 Å². The lowest BCUT2D eigenvalue weighted by atomic mass is 9.49. The molecule has 1 spiro atoms. The summed E-state index contributed by atoms with van der Waals surface area (Å²) < 4.78 is 11.8. The number of piperidine rings is 1. The van der Waals surface area contributed by atoms with Gasteiger partial charge in [0.1, 0.15) is 6.04 Å². The van der Waals surface area contributed by atoms with Gasteiger partial charge in [-0.15, -0.1) is 0 Å². The van der Waals surface area contributed by atoms with Crippen molar-refractivity contribution in [2.75, 3.05) is 13.6 Å². The highest BCUT2D eigenvalue weighted by Crippen LogP contribution is 2.64. The molecule has 2 aliphatic carbocycles. The lowest BCUT2D eigenvalue weighted by Gasteiger charge is -2.62. The topological polar surface area (TPSA) is 142 Å². The molecule has 1 saturated carbocycles. The van der Waals surface area contributed by atoms with Crippen LogP contribution in [0.15, 0.2) is 12.1 Å². The molecule has 5 rings (SSSR count). The van der Waals surface area contributed by atoms with E-state index in [-0.39, 0.29) is 42.8 Å². The van der Waals surface area contributed by atoms with Crippen LogP contribution in [0.1, 0.15) is 57.1 Å². The Morgan fingerprint density at radius 3 is 2.69 bits per heavy atom. The number of carboxylic acid groups (broad SMARTS) is 1. The maximum atomic E-state index is 13.0. The molecule has 10 nitrogen and oxygen atoms in total. The van der Waals surface area contributed by atoms with E-state index in [0.717, 1.165) is 11.1 Å². The predicted octanol–water partition coefficient (Wildman–Crippen LogP) is 0.951. The molecule has 36 heavy (non-hydrogen) atoms. The van der Waals surface area contributed by atoms with Gasteiger partial charge in [0.15, 0.2) is 23.4 Å². The average molecular weight is 501 g/mol. The summed E-state index contributed by atoms with van der Waals surface area (Å²) in [4.78, 5) is 51.3. The van der Waals surface area contributed by atoms with Gasteiger partial charge in [-0.25, -0.2) is 4.79 Å². The number of carbonyl (C=O) groups excluding carboxylic acids is 3. The van der Waals surface area contributed by atoms with Crippen molar-refractivity contribution in [3.8, 4) is 11.5 Å². The van der Waals surface area contributed by atoms with Crippen molar-refractivity contribution in [2.24, 2.45) is 5.92 Å². The second-order valence-corrected chi connectivity index (χ2v) is 10.8. The van der Waals surface area contributed by atoms with Crippen LogP contribution in [0.3, 0.4) is 0 Å². The van der Waals surface area contributed by atoms with Crippen LogP contribution >= 0.6 is 0 Å². The lowest BCUT2D eigenvalue weighted by Crippen LogP contribution is -2.76. The first kappa shape index (κ1) is 24.7. The summed E-state index contributed by atoms with van der Waals surface area (Å²) in [6.45, 7) is 4.08. The van der Waals surface area contributed by atoms with Crippen molar-refractivity contribution >= 4 is 23.6 Å². The standard InChI is InChI=1S/C26H32N2O8/c1-13(2)21(24(32)33)27-18(30)6-7-19(31)35-16-5-4-14-12-17-26(34)9-8-15(29)23-25(26,10-11-28(17)3)20(14)22(16)36-23/h4-5,13,17,21,23,34H,6-12H2,1-3H3,(H,27,30)(H,32,33)/t17-,21?,23?,25+,26-/m1/s1. The molecule has 10 heteroatoms. The average Bonchev–Trinajstić information content (AvgIpc) is 3.18. The number of likely N-dealkylation sites (N-methyl/N-ethyl adjacent to an activating group) is 1. The van der Waals surface area contributed by atoms with E-state index in [9.17, 15) is 29.4 Å². The molecular weight excluding hydrogens is 468 g/mol. The van der Waals surface area contributed by atoms with Gasteiger partial charge in [0.05, 0.1) is 17.4 Å². The van der Waals surface area contributed by atoms with Crippen molar-refractivity contribution in [2.45, 2.75) is 81.6 Å². The number of carbonyl (C=O) groups is 4. The Hall–Kier alpha value is -2.98. The Kier molecular flexibility index (Phi) is 5.87. The minimum absolute atomic E-state index is 0.0564. The number of esters is 1. The van der Waals surface area contributed by atoms with Crippen LogP contribution in [-0.2, 0) is 31.0 Å². The Morgan fingerprint density at radius 1 is 1.25 bits per heavy atom. The summed E-state index contributed by atoms with van der Waals surface area (Å²) in [5.41, 5.74) is -0.227. The highest BCUT2D eigenvalue weighted by molar-refractivity contribution is 5.90. The fourth-order valence-electron chi connectivity index (χ4n) is 6.75. The highest BCUT2D eigenvalue weighted by atomic mass is 16.6. The Morgan fingerprint density at radius 2 is 2.00 bits per heavy atom. The smallest absolute Gasteiger partial charge is 0.326 e. The molecule has 194 valence electrons. The van der Waals surface area contributed by atoms with E-state index >= 15 is 0 Å². The summed E-state index contributed by atoms with van der Waals surface area (Å²) in [6, 6.07) is 2.34. The predicted molar refractivity (Wildman–Crippen MR) is 126 cm³/mol. The molecule has 3 N–H and O–H groups in total. The zero-order chi connectivity index (χ0) is 26.0. The number of carboxylic acids is 1. The summed E-state index contributed by atoms with van der Waals surface area (Å²) in [7, 11) is 1.99. The second-order valence-electron chi connectivity index (χ2n) is 10.8. The van der Waals surface area contributed by atoms with Crippen molar-refractivity contribution in [3.05, 3.63) is 23.3 Å². The van der Waals surface area contributed by atoms with Crippen LogP contribution in [0.25, 0.3) is 0 Å². The number of rotatable bonds is 7. The molecule has 1 amide bonds. The number of Topliss-reactive ketones (excluding diaryl/α,β-unsaturated/α-hetero) is 1. The van der Waals surface area contributed by atoms with E-state index in [1.807, 2.05) is 13.1 Å². The lowest BCUT2D eigenvalue weighted by molar-refractivity contribution is -0.185. The molecule has 0 radical (unpaired) electrons. The normalized spacial score (nSPS) is 30.9. The molecule has 2 heterocycles. The molecule has 2 fully saturated rings. The van der Waals surface area contributed by atoms with Crippen LogP contribution in [0, 0.1) is 5.92 Å². The summed E-state index contributed by atoms with van der Waals surface area (Å²) in [5, 5.41) is 23.7. The van der Waals surface area contributed by atoms with Gasteiger partial charge in [0.25, 0.3) is 0 Å². The monoisotopic (exact) mass is 500 g/mol. The van der Waals surface area contributed by atoms with Gasteiger partial charge in [-0.05, 0) is 50.4 Å². The van der Waals surface area contributed by atoms with Gasteiger partial charge >= 0.3 is 11.9 Å². The van der Waals surface area contributed by atoms with E-state index in [2.05, 4.69) is 10.2 Å². The Balaban J connectivity index is 1.37. The number of amides is 1. The van der Waals surface area contributed by atoms with Crippen LogP contribution in [0.2, 0.25) is 0 Å². The van der Waals surface area contributed by atoms with Gasteiger partial charge in [-0.1, -0.05) is 19.9 Å². The molecule has 4 aliphatic rings. The van der Waals surface area contributed by atoms with E-state index in [1.165, 1.54) is 0 Å². The molecule has 2 unspecified atom stereocenters. The maximum Gasteiger partial charge on any atom is 0.326 e. The molecule has 1 saturated heterocycles. The second kappa shape index (κ2) is 8.55. The van der Waals surface area contributed by atoms with Crippen LogP contribution in [0.4, 0.5) is 0 Å². The third-order valence-corrected chi connectivity index (χ3v) is 8.54. The Labute approximate surface area is 208 Å². The zero-order valence-corrected chi connectivity index (χ0v) is 20.7. The van der Waals surface area contributed by atoms with Gasteiger partial charge < -0.3 is 29.9 Å². The molecule has 5 atom stereocenters. The van der Waals surface area contributed by atoms with Gasteiger partial charge in [-0.2, -0.15) is 0 Å². The first-order chi connectivity index (χ1) is 17.0. The zero-order valence-electron chi connectivity index (χ0n) is 20.7. The van der Waals surface area contributed by atoms with Crippen LogP contribution in [-0.4, -0.2) is 76.1 Å². The maximum absolute atomic E-state index is 13.0. The van der Waals surface area contributed by atoms with Crippen LogP contribution < -0.4 is 14.8 Å². The summed E-state index contributed by atoms with van der Waals surface area (Å²) >= 11 is 0. The number of hydrogen-bond acceptors (Lipinski definition) is 8. The van der Waals surface area contributed by atoms with Crippen molar-refractivity contribution in [3.63, 3.8) is 0 Å². The van der Waals surface area contributed by atoms with Crippen molar-refractivity contribution in [1.29, 1.82) is 0 Å². The number of aliphatic carboxylic acids is 1. The molecule has 0 aromatic heterocycles. The number of likely N-dealkylation sites (tertiary alicyclic amines) is 1. The highest BCUT2D eigenvalue weighted by Gasteiger charge is 2.72. The number of aliphatic hydroxyl groups is 1. The molecule has 1 aromatic rings. The largest absolute Gasteiger partial charge is 0.480 e. The molecule has 1 aromatic carbocycles. The number of benzene rings is 1. The number of hydrogen-bond donors (Lipinski definition) is 3. The number of nitrogens with zero attached hydrogens (tertiary/aromatic N) is 1. The fourth-order valence-corrected chi connectivity index (χ4v) is 6.75. The summed E-state index contributed by atoms with van der Waals surface area (Å²) in [6.07, 6.45) is 0.463. The molecule has 2 aliphatic heterocycles. The van der Waals surface area contributed by atoms with Gasteiger partial charge in [0.2, 0.25) is 5.91 Å². The van der Waals surface area contributed by atoms with Gasteiger partial charge in [0, 0.05) is 24.4 Å². The molecule has 2 bridgehead atoms. The van der Waals surface area contributed by atoms with E-state index in [1.54, 1.807) is 19.9 Å². The third kappa shape index (κ3) is 3.45. The van der Waals surface area contributed by atoms with E-state index < -0.39 is 41.0 Å². The van der Waals surface area contributed by atoms with Crippen molar-refractivity contribution in [1.82, 2.24) is 10.2 Å². The van der Waals surface area contributed by atoms with Gasteiger partial charge in [-0.3, -0.25) is 14.4 Å². The fraction of sp³-hybridized carbons (Fsp3) is 0.615. The minimum atomic E-state index is -1.14. The summed E-state index contributed by atoms with van der Waals surface area (Å²) in [5.74, 6) is -2.23. The quantitative estimate of drug-likeness (QED) is 0.368. The first-order valence-electron chi connectivity index (χ1n) is 12.5. The minimum Gasteiger partial charge on any atom is -0.480 e. The van der Waals surface area contributed by atoms with Crippen molar-refractivity contribution < 1.29 is 38.9 Å². The van der Waals surface area contributed by atoms with Crippen LogP contribution in [0.5, 0.6) is 11.5 Å². The third-order valence-electron chi connectivity index (χ3n) is 8.54. The number of ether oxygens (including phenoxy) is 2. The Bertz CT molecular complexity index is 1150. The SMILES string of the molecule is CC(C)C(NC(=O)CCC(=O)Oc1ccc2c3c1OC1C(=O)CC[C@@]4(O)[C@@H](C2)N(C)CC[C@]314)C(=O)O.